The molecule has 0 aliphatic rings. The summed E-state index contributed by atoms with van der Waals surface area (Å²) < 4.78 is 14.7. The Labute approximate surface area is 73.6 Å². The minimum Gasteiger partial charge on any atom is -0.463 e. The number of ether oxygens (including phenoxy) is 2. The van der Waals surface area contributed by atoms with Gasteiger partial charge in [0.2, 0.25) is 5.76 Å². The molecule has 0 atom stereocenters. The standard InChI is InChI=1S/C7H9NO5/c1-11-4-8-6(9)3-5(13-8)7(10)12-2/h3H,4H2,1-2H3. The highest BCUT2D eigenvalue weighted by Gasteiger charge is 2.13. The second-order valence-electron chi connectivity index (χ2n) is 2.23. The molecule has 0 unspecified atom stereocenters. The zero-order chi connectivity index (χ0) is 9.84. The van der Waals surface area contributed by atoms with Crippen LogP contribution in [0.2, 0.25) is 0 Å². The summed E-state index contributed by atoms with van der Waals surface area (Å²) in [6.45, 7) is -0.0319. The Morgan fingerprint density at radius 3 is 2.85 bits per heavy atom. The third-order valence-corrected chi connectivity index (χ3v) is 1.34. The van der Waals surface area contributed by atoms with Crippen LogP contribution in [0.1, 0.15) is 10.6 Å². The number of hydrogen-bond donors (Lipinski definition) is 0. The summed E-state index contributed by atoms with van der Waals surface area (Å²) in [5.41, 5.74) is -0.442. The SMILES string of the molecule is COCn1oc(C(=O)OC)cc1=O. The van der Waals surface area contributed by atoms with Gasteiger partial charge in [-0.2, -0.15) is 0 Å². The van der Waals surface area contributed by atoms with Crippen LogP contribution >= 0.6 is 0 Å². The summed E-state index contributed by atoms with van der Waals surface area (Å²) in [5, 5.41) is 0. The molecule has 0 aliphatic carbocycles. The molecule has 0 saturated heterocycles. The van der Waals surface area contributed by atoms with E-state index in [9.17, 15) is 9.59 Å². The van der Waals surface area contributed by atoms with Crippen molar-refractivity contribution < 1.29 is 18.8 Å². The highest BCUT2D eigenvalue weighted by molar-refractivity contribution is 5.85. The first-order valence-electron chi connectivity index (χ1n) is 3.47. The minimum absolute atomic E-state index is 0.0319. The summed E-state index contributed by atoms with van der Waals surface area (Å²) >= 11 is 0. The van der Waals surface area contributed by atoms with Gasteiger partial charge >= 0.3 is 5.97 Å². The summed E-state index contributed by atoms with van der Waals surface area (Å²) in [5.74, 6) is -0.823. The molecule has 0 spiro atoms. The lowest BCUT2D eigenvalue weighted by atomic mass is 10.5. The van der Waals surface area contributed by atoms with Crippen molar-refractivity contribution in [3.63, 3.8) is 0 Å². The molecule has 72 valence electrons. The molecule has 0 N–H and O–H groups in total. The van der Waals surface area contributed by atoms with Crippen LogP contribution in [0, 0.1) is 0 Å². The number of esters is 1. The van der Waals surface area contributed by atoms with E-state index in [1.165, 1.54) is 14.2 Å². The average molecular weight is 187 g/mol. The van der Waals surface area contributed by atoms with Crippen molar-refractivity contribution in [2.24, 2.45) is 0 Å². The lowest BCUT2D eigenvalue weighted by molar-refractivity contribution is 0.0387. The van der Waals surface area contributed by atoms with Gasteiger partial charge in [0.15, 0.2) is 6.73 Å². The zero-order valence-corrected chi connectivity index (χ0v) is 7.27. The van der Waals surface area contributed by atoms with Gasteiger partial charge in [-0.1, -0.05) is 0 Å². The van der Waals surface area contributed by atoms with Gasteiger partial charge in [-0.15, -0.1) is 4.74 Å². The van der Waals surface area contributed by atoms with E-state index in [1.54, 1.807) is 0 Å². The lowest BCUT2D eigenvalue weighted by Gasteiger charge is -1.96. The molecule has 6 nitrogen and oxygen atoms in total. The van der Waals surface area contributed by atoms with E-state index in [0.29, 0.717) is 0 Å². The Kier molecular flexibility index (Phi) is 2.86. The number of carbonyl (C=O) groups excluding carboxylic acids is 1. The topological polar surface area (TPSA) is 70.7 Å². The number of methoxy groups -OCH3 is 2. The second-order valence-corrected chi connectivity index (χ2v) is 2.23. The molecule has 1 heterocycles. The van der Waals surface area contributed by atoms with Gasteiger partial charge in [-0.05, 0) is 0 Å². The first-order chi connectivity index (χ1) is 6.19. The van der Waals surface area contributed by atoms with Crippen molar-refractivity contribution in [2.75, 3.05) is 14.2 Å². The maximum Gasteiger partial charge on any atom is 0.376 e. The van der Waals surface area contributed by atoms with Gasteiger partial charge in [0.25, 0.3) is 5.56 Å². The molecule has 6 heteroatoms. The molecule has 13 heavy (non-hydrogen) atoms. The molecular weight excluding hydrogens is 178 g/mol. The molecular formula is C7H9NO5. The second kappa shape index (κ2) is 3.90. The summed E-state index contributed by atoms with van der Waals surface area (Å²) in [6.07, 6.45) is 0. The molecule has 0 radical (unpaired) electrons. The number of carbonyl (C=O) groups is 1. The van der Waals surface area contributed by atoms with E-state index in [4.69, 9.17) is 4.52 Å². The Morgan fingerprint density at radius 2 is 2.31 bits per heavy atom. The Morgan fingerprint density at radius 1 is 1.62 bits per heavy atom. The molecule has 1 rings (SSSR count). The van der Waals surface area contributed by atoms with Crippen molar-refractivity contribution >= 4 is 5.97 Å². The van der Waals surface area contributed by atoms with Gasteiger partial charge in [0.1, 0.15) is 0 Å². The van der Waals surface area contributed by atoms with E-state index in [0.717, 1.165) is 10.8 Å². The zero-order valence-electron chi connectivity index (χ0n) is 7.27. The molecule has 0 bridgehead atoms. The largest absolute Gasteiger partial charge is 0.463 e. The number of aromatic nitrogens is 1. The first kappa shape index (κ1) is 9.53. The monoisotopic (exact) mass is 187 g/mol. The number of nitrogens with zero attached hydrogens (tertiary/aromatic N) is 1. The molecule has 1 aromatic rings. The predicted octanol–water partition coefficient (Wildman–Crippen LogP) is -0.168. The van der Waals surface area contributed by atoms with Gasteiger partial charge < -0.3 is 14.0 Å². The normalized spacial score (nSPS) is 10.0. The summed E-state index contributed by atoms with van der Waals surface area (Å²) in [7, 11) is 2.61. The number of hydrogen-bond acceptors (Lipinski definition) is 5. The van der Waals surface area contributed by atoms with Crippen molar-refractivity contribution in [2.45, 2.75) is 6.73 Å². The van der Waals surface area contributed by atoms with E-state index in [-0.39, 0.29) is 12.5 Å². The smallest absolute Gasteiger partial charge is 0.376 e. The van der Waals surface area contributed by atoms with Gasteiger partial charge in [-0.25, -0.2) is 4.79 Å². The highest BCUT2D eigenvalue weighted by atomic mass is 16.6. The van der Waals surface area contributed by atoms with Crippen LogP contribution in [0.5, 0.6) is 0 Å². The fraction of sp³-hybridized carbons (Fsp3) is 0.429. The van der Waals surface area contributed by atoms with Crippen LogP contribution < -0.4 is 5.56 Å². The van der Waals surface area contributed by atoms with Crippen molar-refractivity contribution in [1.82, 2.24) is 4.74 Å². The Balaban J connectivity index is 2.95. The summed E-state index contributed by atoms with van der Waals surface area (Å²) in [4.78, 5) is 21.9. The van der Waals surface area contributed by atoms with Gasteiger partial charge in [-0.3, -0.25) is 4.79 Å². The van der Waals surface area contributed by atoms with E-state index in [1.807, 2.05) is 0 Å². The predicted molar refractivity (Wildman–Crippen MR) is 41.3 cm³/mol. The van der Waals surface area contributed by atoms with Crippen LogP contribution in [0.3, 0.4) is 0 Å². The first-order valence-corrected chi connectivity index (χ1v) is 3.47. The third kappa shape index (κ3) is 1.97. The lowest BCUT2D eigenvalue weighted by Crippen LogP contribution is -2.13. The Hall–Kier alpha value is -1.56. The van der Waals surface area contributed by atoms with Crippen LogP contribution in [-0.4, -0.2) is 24.9 Å². The highest BCUT2D eigenvalue weighted by Crippen LogP contribution is 1.98. The van der Waals surface area contributed by atoms with Crippen molar-refractivity contribution in [3.05, 3.63) is 22.2 Å². The molecule has 1 aromatic heterocycles. The third-order valence-electron chi connectivity index (χ3n) is 1.34. The minimum atomic E-state index is -0.688. The summed E-state index contributed by atoms with van der Waals surface area (Å²) in [6, 6.07) is 1.05. The van der Waals surface area contributed by atoms with Gasteiger partial charge in [0.05, 0.1) is 13.2 Å². The fourth-order valence-electron chi connectivity index (χ4n) is 0.778. The van der Waals surface area contributed by atoms with E-state index >= 15 is 0 Å². The van der Waals surface area contributed by atoms with Crippen molar-refractivity contribution in [3.8, 4) is 0 Å². The van der Waals surface area contributed by atoms with E-state index in [2.05, 4.69) is 9.47 Å². The Bertz CT molecular complexity index is 350. The molecule has 0 saturated carbocycles. The van der Waals surface area contributed by atoms with Crippen LogP contribution in [0.25, 0.3) is 0 Å². The maximum atomic E-state index is 11.0. The average Bonchev–Trinajstić information content (AvgIpc) is 2.47. The van der Waals surface area contributed by atoms with Crippen molar-refractivity contribution in [1.29, 1.82) is 0 Å². The number of rotatable bonds is 3. The molecule has 0 fully saturated rings. The maximum absolute atomic E-state index is 11.0. The van der Waals surface area contributed by atoms with Crippen LogP contribution in [0.4, 0.5) is 0 Å². The molecule has 0 aliphatic heterocycles. The van der Waals surface area contributed by atoms with E-state index < -0.39 is 11.5 Å². The fourth-order valence-corrected chi connectivity index (χ4v) is 0.778. The molecule has 0 amide bonds. The quantitative estimate of drug-likeness (QED) is 0.614. The van der Waals surface area contributed by atoms with Crippen LogP contribution in [-0.2, 0) is 16.2 Å². The molecule has 0 aromatic carbocycles. The van der Waals surface area contributed by atoms with Crippen LogP contribution in [0.15, 0.2) is 15.4 Å². The van der Waals surface area contributed by atoms with Gasteiger partial charge in [0, 0.05) is 7.11 Å².